The number of carbonyl (C=O) groups is 1. The quantitative estimate of drug-likeness (QED) is 0.265. The van der Waals surface area contributed by atoms with Gasteiger partial charge in [-0.15, -0.1) is 10.8 Å². The Morgan fingerprint density at radius 1 is 1.05 bits per heavy atom. The molecule has 7 nitrogen and oxygen atoms in total. The molecule has 1 saturated carbocycles. The van der Waals surface area contributed by atoms with E-state index < -0.39 is 34.4 Å². The second kappa shape index (κ2) is 13.2. The van der Waals surface area contributed by atoms with E-state index in [1.807, 2.05) is 4.31 Å². The third kappa shape index (κ3) is 7.41. The molecule has 41 heavy (non-hydrogen) atoms. The van der Waals surface area contributed by atoms with Gasteiger partial charge in [0.05, 0.1) is 11.8 Å². The highest BCUT2D eigenvalue weighted by Crippen LogP contribution is 2.49. The molecule has 5 rings (SSSR count). The van der Waals surface area contributed by atoms with Gasteiger partial charge >= 0.3 is 0 Å². The van der Waals surface area contributed by atoms with E-state index in [1.165, 1.54) is 12.1 Å². The maximum Gasteiger partial charge on any atom is 0.238 e. The van der Waals surface area contributed by atoms with Crippen LogP contribution in [-0.2, 0) is 4.79 Å². The van der Waals surface area contributed by atoms with Gasteiger partial charge in [0.2, 0.25) is 5.91 Å². The van der Waals surface area contributed by atoms with Crippen LogP contribution < -0.4 is 16.4 Å². The number of hydrogen-bond donors (Lipinski definition) is 5. The predicted octanol–water partition coefficient (Wildman–Crippen LogP) is 5.63. The van der Waals surface area contributed by atoms with E-state index >= 15 is 0 Å². The number of piperazine rings is 1. The van der Waals surface area contributed by atoms with E-state index in [4.69, 9.17) is 17.3 Å². The van der Waals surface area contributed by atoms with E-state index in [1.54, 1.807) is 24.3 Å². The maximum absolute atomic E-state index is 14.2. The van der Waals surface area contributed by atoms with Gasteiger partial charge in [0, 0.05) is 48.2 Å². The summed E-state index contributed by atoms with van der Waals surface area (Å²) in [7, 11) is -2.76. The molecule has 2 saturated heterocycles. The van der Waals surface area contributed by atoms with Gasteiger partial charge in [0.1, 0.15) is 11.6 Å². The van der Waals surface area contributed by atoms with Crippen molar-refractivity contribution in [3.63, 3.8) is 0 Å². The molecule has 0 radical (unpaired) electrons. The molecular weight excluding hydrogens is 570 g/mol. The Balaban J connectivity index is 1.28. The summed E-state index contributed by atoms with van der Waals surface area (Å²) in [6.45, 7) is 1.38. The summed E-state index contributed by atoms with van der Waals surface area (Å²) in [5.74, 6) is -1.95. The maximum atomic E-state index is 14.2. The number of nitrogens with two attached hydrogens (primary N) is 1. The summed E-state index contributed by atoms with van der Waals surface area (Å²) < 4.78 is 52.0. The Labute approximate surface area is 247 Å². The minimum absolute atomic E-state index is 0.0343. The van der Waals surface area contributed by atoms with Crippen molar-refractivity contribution < 1.29 is 22.7 Å². The first-order valence-electron chi connectivity index (χ1n) is 14.6. The van der Waals surface area contributed by atoms with Crippen LogP contribution in [0.5, 0.6) is 0 Å². The van der Waals surface area contributed by atoms with Crippen LogP contribution in [0.2, 0.25) is 5.02 Å². The average molecular weight is 611 g/mol. The smallest absolute Gasteiger partial charge is 0.238 e. The first-order valence-corrected chi connectivity index (χ1v) is 16.7. The number of rotatable bonds is 8. The Kier molecular flexibility index (Phi) is 9.90. The molecule has 7 atom stereocenters. The van der Waals surface area contributed by atoms with Crippen molar-refractivity contribution in [1.29, 1.82) is 0 Å². The fraction of sp³-hybridized carbons (Fsp3) is 0.567. The number of nitrogens with zero attached hydrogens (tertiary/aromatic N) is 1. The Morgan fingerprint density at radius 3 is 2.49 bits per heavy atom. The molecule has 0 aromatic heterocycles. The lowest BCUT2D eigenvalue weighted by Gasteiger charge is -2.49. The fourth-order valence-electron chi connectivity index (χ4n) is 6.89. The summed E-state index contributed by atoms with van der Waals surface area (Å²) in [6.07, 6.45) is 7.26. The zero-order valence-corrected chi connectivity index (χ0v) is 24.7. The van der Waals surface area contributed by atoms with Crippen molar-refractivity contribution in [1.82, 2.24) is 14.9 Å². The lowest BCUT2D eigenvalue weighted by Crippen LogP contribution is -2.56. The van der Waals surface area contributed by atoms with Crippen molar-refractivity contribution in [3.05, 3.63) is 70.2 Å². The standard InChI is InChI=1S/C30H41ClF2N4O3S/c31-22-10-7-20(8-11-22)28(21-14-23(32)16-24(33)15-21)29(34)30(38)36-27-6-2-1-4-19(27)9-12-26-17-35-25-5-3-13-41(39,40)37(26)18-25/h7-8,10-11,14-16,19,25-29,35,39-40H,1-6,9,12-13,17-18,34H2,(H,36,38)/t19-,25-,26+,27+,28+,29+/m1/s1. The Morgan fingerprint density at radius 2 is 1.76 bits per heavy atom. The molecule has 3 fully saturated rings. The highest BCUT2D eigenvalue weighted by atomic mass is 35.5. The van der Waals surface area contributed by atoms with Crippen LogP contribution >= 0.6 is 22.4 Å². The molecule has 3 aliphatic rings. The number of nitrogens with one attached hydrogen (secondary N) is 2. The lowest BCUT2D eigenvalue weighted by atomic mass is 9.80. The van der Waals surface area contributed by atoms with Crippen LogP contribution in [0.25, 0.3) is 0 Å². The van der Waals surface area contributed by atoms with Gasteiger partial charge in [-0.1, -0.05) is 36.6 Å². The monoisotopic (exact) mass is 610 g/mol. The van der Waals surface area contributed by atoms with Crippen molar-refractivity contribution in [3.8, 4) is 0 Å². The zero-order chi connectivity index (χ0) is 29.1. The summed E-state index contributed by atoms with van der Waals surface area (Å²) >= 11 is 6.07. The van der Waals surface area contributed by atoms with Crippen molar-refractivity contribution in [2.75, 3.05) is 18.8 Å². The molecule has 226 valence electrons. The van der Waals surface area contributed by atoms with Gasteiger partial charge in [-0.2, -0.15) is 0 Å². The SMILES string of the molecule is N[C@H](C(=O)N[C@H]1CCCC[C@@H]1CC[C@H]1CN[C@@H]2CCCS(O)(O)N1C2)[C@@H](c1ccc(Cl)cc1)c1cc(F)cc(F)c1. The number of fused-ring (bicyclic) bond motifs is 2. The third-order valence-electron chi connectivity index (χ3n) is 9.04. The van der Waals surface area contributed by atoms with E-state index in [0.29, 0.717) is 28.9 Å². The second-order valence-electron chi connectivity index (χ2n) is 11.8. The van der Waals surface area contributed by atoms with Gasteiger partial charge in [-0.05, 0) is 79.8 Å². The van der Waals surface area contributed by atoms with Crippen LogP contribution in [0.1, 0.15) is 68.4 Å². The fourth-order valence-corrected chi connectivity index (χ4v) is 8.88. The highest BCUT2D eigenvalue weighted by Gasteiger charge is 2.39. The van der Waals surface area contributed by atoms with Crippen LogP contribution in [-0.4, -0.2) is 62.3 Å². The van der Waals surface area contributed by atoms with Crippen LogP contribution in [0, 0.1) is 17.6 Å². The van der Waals surface area contributed by atoms with Crippen LogP contribution in [0.4, 0.5) is 8.78 Å². The second-order valence-corrected chi connectivity index (χ2v) is 14.4. The van der Waals surface area contributed by atoms with E-state index in [0.717, 1.165) is 64.0 Å². The minimum Gasteiger partial charge on any atom is -0.352 e. The number of hydrogen-bond acceptors (Lipinski definition) is 6. The molecule has 2 bridgehead atoms. The normalized spacial score (nSPS) is 30.0. The number of halogens is 3. The largest absolute Gasteiger partial charge is 0.352 e. The lowest BCUT2D eigenvalue weighted by molar-refractivity contribution is -0.124. The Bertz CT molecular complexity index is 1190. The van der Waals surface area contributed by atoms with Gasteiger partial charge in [-0.25, -0.2) is 13.1 Å². The van der Waals surface area contributed by atoms with E-state index in [-0.39, 0.29) is 29.5 Å². The zero-order valence-electron chi connectivity index (χ0n) is 23.2. The Hall–Kier alpha value is -1.79. The molecule has 6 N–H and O–H groups in total. The molecule has 2 aromatic carbocycles. The van der Waals surface area contributed by atoms with Crippen LogP contribution in [0.3, 0.4) is 0 Å². The first kappa shape index (κ1) is 30.7. The molecular formula is C30H41ClF2N4O3S. The summed E-state index contributed by atoms with van der Waals surface area (Å²) in [6, 6.07) is 9.19. The molecule has 0 spiro atoms. The molecule has 1 unspecified atom stereocenters. The van der Waals surface area contributed by atoms with Crippen molar-refractivity contribution >= 4 is 28.3 Å². The molecule has 1 amide bonds. The topological polar surface area (TPSA) is 111 Å². The predicted molar refractivity (Wildman–Crippen MR) is 160 cm³/mol. The summed E-state index contributed by atoms with van der Waals surface area (Å²) in [5, 5.41) is 7.27. The highest BCUT2D eigenvalue weighted by molar-refractivity contribution is 8.22. The van der Waals surface area contributed by atoms with E-state index in [2.05, 4.69) is 10.6 Å². The van der Waals surface area contributed by atoms with Gasteiger partial charge in [0.15, 0.2) is 0 Å². The molecule has 1 aliphatic carbocycles. The third-order valence-corrected chi connectivity index (χ3v) is 11.3. The summed E-state index contributed by atoms with van der Waals surface area (Å²) in [5.41, 5.74) is 7.48. The van der Waals surface area contributed by atoms with Crippen LogP contribution in [0.15, 0.2) is 42.5 Å². The number of carbonyl (C=O) groups excluding carboxylic acids is 1. The number of amides is 1. The molecule has 2 heterocycles. The molecule has 11 heteroatoms. The number of benzene rings is 2. The summed E-state index contributed by atoms with van der Waals surface area (Å²) in [4.78, 5) is 13.6. The molecule has 2 aliphatic heterocycles. The van der Waals surface area contributed by atoms with Gasteiger partial charge < -0.3 is 16.4 Å². The van der Waals surface area contributed by atoms with Crippen molar-refractivity contribution in [2.45, 2.75) is 81.5 Å². The van der Waals surface area contributed by atoms with Gasteiger partial charge in [-0.3, -0.25) is 13.9 Å². The molecule has 2 aromatic rings. The van der Waals surface area contributed by atoms with E-state index in [9.17, 15) is 22.7 Å². The first-order chi connectivity index (χ1) is 19.6. The average Bonchev–Trinajstić information content (AvgIpc) is 3.04. The minimum atomic E-state index is -2.76. The van der Waals surface area contributed by atoms with Crippen molar-refractivity contribution in [2.24, 2.45) is 11.7 Å². The van der Waals surface area contributed by atoms with Gasteiger partial charge in [0.25, 0.3) is 0 Å².